The molecule has 0 amide bonds. The Hall–Kier alpha value is -2.66. The lowest BCUT2D eigenvalue weighted by Crippen LogP contribution is -1.97. The van der Waals surface area contributed by atoms with Gasteiger partial charge in [-0.1, -0.05) is 24.6 Å². The predicted octanol–water partition coefficient (Wildman–Crippen LogP) is 5.48. The number of thiazole rings is 1. The average molecular weight is 353 g/mol. The number of hydrogen-bond donors (Lipinski definition) is 1. The molecule has 0 unspecified atom stereocenters. The molecule has 0 aliphatic heterocycles. The van der Waals surface area contributed by atoms with Gasteiger partial charge in [-0.15, -0.1) is 11.3 Å². The SMILES string of the molecule is CCc1nc(-c2ccc(Oc3ccc(C)cc3C)cc2)sc1C(=O)O. The Bertz CT molecular complexity index is 913. The predicted molar refractivity (Wildman–Crippen MR) is 99.9 cm³/mol. The molecular formula is C20H19NO3S. The Morgan fingerprint density at radius 3 is 2.44 bits per heavy atom. The number of aromatic nitrogens is 1. The van der Waals surface area contributed by atoms with E-state index in [9.17, 15) is 9.90 Å². The fourth-order valence-electron chi connectivity index (χ4n) is 2.59. The maximum absolute atomic E-state index is 11.3. The largest absolute Gasteiger partial charge is 0.477 e. The summed E-state index contributed by atoms with van der Waals surface area (Å²) in [5.41, 5.74) is 3.80. The first kappa shape index (κ1) is 17.2. The lowest BCUT2D eigenvalue weighted by atomic mass is 10.1. The molecule has 2 aromatic carbocycles. The third kappa shape index (κ3) is 3.72. The Balaban J connectivity index is 1.84. The summed E-state index contributed by atoms with van der Waals surface area (Å²) >= 11 is 1.21. The molecule has 25 heavy (non-hydrogen) atoms. The van der Waals surface area contributed by atoms with Crippen molar-refractivity contribution in [2.24, 2.45) is 0 Å². The van der Waals surface area contributed by atoms with Crippen molar-refractivity contribution in [2.45, 2.75) is 27.2 Å². The van der Waals surface area contributed by atoms with Crippen molar-refractivity contribution in [3.63, 3.8) is 0 Å². The lowest BCUT2D eigenvalue weighted by molar-refractivity contribution is 0.0701. The van der Waals surface area contributed by atoms with E-state index >= 15 is 0 Å². The number of aromatic carboxylic acids is 1. The van der Waals surface area contributed by atoms with Crippen LogP contribution in [0, 0.1) is 13.8 Å². The number of carboxylic acids is 1. The third-order valence-corrected chi connectivity index (χ3v) is 5.02. The van der Waals surface area contributed by atoms with E-state index in [0.29, 0.717) is 22.0 Å². The molecule has 0 spiro atoms. The highest BCUT2D eigenvalue weighted by atomic mass is 32.1. The summed E-state index contributed by atoms with van der Waals surface area (Å²) in [6.07, 6.45) is 0.603. The number of rotatable bonds is 5. The van der Waals surface area contributed by atoms with Crippen LogP contribution >= 0.6 is 11.3 Å². The van der Waals surface area contributed by atoms with Gasteiger partial charge in [0.2, 0.25) is 0 Å². The van der Waals surface area contributed by atoms with Crippen LogP contribution in [0.25, 0.3) is 10.6 Å². The Morgan fingerprint density at radius 1 is 1.16 bits per heavy atom. The minimum Gasteiger partial charge on any atom is -0.477 e. The summed E-state index contributed by atoms with van der Waals surface area (Å²) in [7, 11) is 0. The molecular weight excluding hydrogens is 334 g/mol. The van der Waals surface area contributed by atoms with Gasteiger partial charge in [-0.25, -0.2) is 9.78 Å². The van der Waals surface area contributed by atoms with E-state index in [1.807, 2.05) is 50.2 Å². The maximum atomic E-state index is 11.3. The molecule has 0 saturated heterocycles. The zero-order chi connectivity index (χ0) is 18.0. The highest BCUT2D eigenvalue weighted by Crippen LogP contribution is 2.31. The van der Waals surface area contributed by atoms with Crippen LogP contribution in [0.2, 0.25) is 0 Å². The van der Waals surface area contributed by atoms with Crippen molar-refractivity contribution in [3.8, 4) is 22.1 Å². The summed E-state index contributed by atoms with van der Waals surface area (Å²) < 4.78 is 5.93. The van der Waals surface area contributed by atoms with Crippen molar-refractivity contribution in [1.29, 1.82) is 0 Å². The summed E-state index contributed by atoms with van der Waals surface area (Å²) in [5, 5.41) is 9.98. The smallest absolute Gasteiger partial charge is 0.347 e. The zero-order valence-electron chi connectivity index (χ0n) is 14.4. The lowest BCUT2D eigenvalue weighted by Gasteiger charge is -2.09. The number of aryl methyl sites for hydroxylation is 3. The molecule has 4 nitrogen and oxygen atoms in total. The van der Waals surface area contributed by atoms with Gasteiger partial charge in [-0.3, -0.25) is 0 Å². The van der Waals surface area contributed by atoms with Crippen molar-refractivity contribution in [1.82, 2.24) is 4.98 Å². The second-order valence-electron chi connectivity index (χ2n) is 5.85. The number of nitrogens with zero attached hydrogens (tertiary/aromatic N) is 1. The van der Waals surface area contributed by atoms with E-state index in [0.717, 1.165) is 22.6 Å². The topological polar surface area (TPSA) is 59.4 Å². The molecule has 5 heteroatoms. The van der Waals surface area contributed by atoms with Crippen LogP contribution in [0.4, 0.5) is 0 Å². The van der Waals surface area contributed by atoms with E-state index in [1.54, 1.807) is 0 Å². The van der Waals surface area contributed by atoms with Gasteiger partial charge in [0.25, 0.3) is 0 Å². The van der Waals surface area contributed by atoms with Crippen molar-refractivity contribution < 1.29 is 14.6 Å². The minimum atomic E-state index is -0.921. The van der Waals surface area contributed by atoms with Gasteiger partial charge in [0.1, 0.15) is 21.4 Å². The van der Waals surface area contributed by atoms with E-state index < -0.39 is 5.97 Å². The number of hydrogen-bond acceptors (Lipinski definition) is 4. The Kier molecular flexibility index (Phi) is 4.86. The number of carboxylic acid groups (broad SMARTS) is 1. The summed E-state index contributed by atoms with van der Waals surface area (Å²) in [6.45, 7) is 5.98. The highest BCUT2D eigenvalue weighted by Gasteiger charge is 2.16. The Labute approximate surface area is 150 Å². The van der Waals surface area contributed by atoms with Gasteiger partial charge in [0.05, 0.1) is 5.69 Å². The molecule has 0 fully saturated rings. The van der Waals surface area contributed by atoms with Crippen LogP contribution in [-0.2, 0) is 6.42 Å². The molecule has 1 heterocycles. The van der Waals surface area contributed by atoms with Crippen LogP contribution in [-0.4, -0.2) is 16.1 Å². The van der Waals surface area contributed by atoms with Gasteiger partial charge in [-0.2, -0.15) is 0 Å². The molecule has 128 valence electrons. The quantitative estimate of drug-likeness (QED) is 0.660. The molecule has 0 atom stereocenters. The van der Waals surface area contributed by atoms with E-state index in [-0.39, 0.29) is 0 Å². The first-order valence-corrected chi connectivity index (χ1v) is 8.88. The van der Waals surface area contributed by atoms with Crippen LogP contribution in [0.15, 0.2) is 42.5 Å². The van der Waals surface area contributed by atoms with Crippen LogP contribution in [0.5, 0.6) is 11.5 Å². The summed E-state index contributed by atoms with van der Waals surface area (Å²) in [5.74, 6) is 0.644. The van der Waals surface area contributed by atoms with Gasteiger partial charge in [0.15, 0.2) is 0 Å². The third-order valence-electron chi connectivity index (χ3n) is 3.89. The van der Waals surface area contributed by atoms with Crippen LogP contribution < -0.4 is 4.74 Å². The van der Waals surface area contributed by atoms with Crippen LogP contribution in [0.3, 0.4) is 0 Å². The standard InChI is InChI=1S/C20H19NO3S/c1-4-16-18(20(22)23)25-19(21-16)14-6-8-15(9-7-14)24-17-10-5-12(2)11-13(17)3/h5-11H,4H2,1-3H3,(H,22,23). The van der Waals surface area contributed by atoms with Crippen molar-refractivity contribution in [3.05, 3.63) is 64.2 Å². The minimum absolute atomic E-state index is 0.313. The second-order valence-corrected chi connectivity index (χ2v) is 6.85. The van der Waals surface area contributed by atoms with E-state index in [1.165, 1.54) is 16.9 Å². The number of ether oxygens (including phenoxy) is 1. The molecule has 1 N–H and O–H groups in total. The maximum Gasteiger partial charge on any atom is 0.347 e. The zero-order valence-corrected chi connectivity index (χ0v) is 15.2. The Morgan fingerprint density at radius 2 is 1.88 bits per heavy atom. The molecule has 0 radical (unpaired) electrons. The monoisotopic (exact) mass is 353 g/mol. The van der Waals surface area contributed by atoms with E-state index in [4.69, 9.17) is 4.74 Å². The normalized spacial score (nSPS) is 10.7. The second kappa shape index (κ2) is 7.07. The molecule has 0 bridgehead atoms. The van der Waals surface area contributed by atoms with Crippen molar-refractivity contribution >= 4 is 17.3 Å². The molecule has 3 aromatic rings. The fraction of sp³-hybridized carbons (Fsp3) is 0.200. The van der Waals surface area contributed by atoms with Gasteiger partial charge >= 0.3 is 5.97 Å². The average Bonchev–Trinajstić information content (AvgIpc) is 3.03. The molecule has 3 rings (SSSR count). The summed E-state index contributed by atoms with van der Waals surface area (Å²) in [4.78, 5) is 16.1. The highest BCUT2D eigenvalue weighted by molar-refractivity contribution is 7.17. The van der Waals surface area contributed by atoms with E-state index in [2.05, 4.69) is 18.0 Å². The first-order chi connectivity index (χ1) is 12.0. The molecule has 0 saturated carbocycles. The fourth-order valence-corrected chi connectivity index (χ4v) is 3.59. The molecule has 0 aliphatic carbocycles. The van der Waals surface area contributed by atoms with Crippen LogP contribution in [0.1, 0.15) is 33.4 Å². The summed E-state index contributed by atoms with van der Waals surface area (Å²) in [6, 6.07) is 13.6. The number of benzene rings is 2. The molecule has 0 aliphatic rings. The van der Waals surface area contributed by atoms with Gasteiger partial charge < -0.3 is 9.84 Å². The number of carbonyl (C=O) groups is 1. The first-order valence-electron chi connectivity index (χ1n) is 8.06. The van der Waals surface area contributed by atoms with Gasteiger partial charge in [-0.05, 0) is 56.2 Å². The van der Waals surface area contributed by atoms with Crippen molar-refractivity contribution in [2.75, 3.05) is 0 Å². The van der Waals surface area contributed by atoms with Gasteiger partial charge in [0, 0.05) is 5.56 Å². The molecule has 1 aromatic heterocycles.